The third-order valence-electron chi connectivity index (χ3n) is 3.29. The minimum Gasteiger partial charge on any atom is -0.383 e. The van der Waals surface area contributed by atoms with Gasteiger partial charge < -0.3 is 21.1 Å². The molecule has 24 heavy (non-hydrogen) atoms. The van der Waals surface area contributed by atoms with Crippen molar-refractivity contribution in [1.82, 2.24) is 4.72 Å². The van der Waals surface area contributed by atoms with E-state index in [1.54, 1.807) is 13.2 Å². The predicted octanol–water partition coefficient (Wildman–Crippen LogP) is 0.719. The highest BCUT2D eigenvalue weighted by Gasteiger charge is 2.15. The number of amides is 1. The lowest BCUT2D eigenvalue weighted by atomic mass is 10.2. The molecule has 0 bridgehead atoms. The number of methoxy groups -OCH3 is 1. The lowest BCUT2D eigenvalue weighted by molar-refractivity contribution is -0.116. The third-order valence-corrected chi connectivity index (χ3v) is 4.70. The number of hydrogen-bond donors (Lipinski definition) is 4. The second-order valence-electron chi connectivity index (χ2n) is 5.40. The number of hydrogen-bond acceptors (Lipinski definition) is 6. The highest BCUT2D eigenvalue weighted by atomic mass is 32.2. The first-order valence-electron chi connectivity index (χ1n) is 7.66. The van der Waals surface area contributed by atoms with E-state index in [4.69, 9.17) is 10.5 Å². The van der Waals surface area contributed by atoms with Crippen molar-refractivity contribution in [1.29, 1.82) is 0 Å². The fourth-order valence-electron chi connectivity index (χ4n) is 1.93. The van der Waals surface area contributed by atoms with Crippen LogP contribution in [0.5, 0.6) is 0 Å². The van der Waals surface area contributed by atoms with Crippen LogP contribution >= 0.6 is 0 Å². The zero-order valence-electron chi connectivity index (χ0n) is 14.3. The second-order valence-corrected chi connectivity index (χ2v) is 7.29. The maximum Gasteiger partial charge on any atom is 0.240 e. The molecule has 1 rings (SSSR count). The van der Waals surface area contributed by atoms with Gasteiger partial charge in [0, 0.05) is 26.1 Å². The van der Waals surface area contributed by atoms with Gasteiger partial charge in [0.15, 0.2) is 0 Å². The molecular weight excluding hydrogens is 332 g/mol. The monoisotopic (exact) mass is 358 g/mol. The minimum absolute atomic E-state index is 0.0739. The van der Waals surface area contributed by atoms with Crippen LogP contribution in [0.15, 0.2) is 23.1 Å². The summed E-state index contributed by atoms with van der Waals surface area (Å²) in [5.41, 5.74) is 6.67. The lowest BCUT2D eigenvalue weighted by Gasteiger charge is -2.15. The van der Waals surface area contributed by atoms with E-state index in [1.807, 2.05) is 6.92 Å². The molecule has 1 aromatic carbocycles. The van der Waals surface area contributed by atoms with E-state index in [0.717, 1.165) is 0 Å². The molecule has 0 aliphatic heterocycles. The first-order valence-corrected chi connectivity index (χ1v) is 9.14. The zero-order valence-corrected chi connectivity index (χ0v) is 15.1. The summed E-state index contributed by atoms with van der Waals surface area (Å²) in [7, 11) is -0.679. The van der Waals surface area contributed by atoms with Gasteiger partial charge in [-0.15, -0.1) is 0 Å². The van der Waals surface area contributed by atoms with Crippen LogP contribution in [0.1, 0.15) is 19.8 Å². The number of nitrogens with one attached hydrogen (secondary N) is 3. The van der Waals surface area contributed by atoms with Crippen molar-refractivity contribution in [3.63, 3.8) is 0 Å². The summed E-state index contributed by atoms with van der Waals surface area (Å²) >= 11 is 0. The van der Waals surface area contributed by atoms with Crippen LogP contribution in [-0.2, 0) is 19.6 Å². The normalized spacial score (nSPS) is 12.7. The Labute approximate surface area is 143 Å². The Morgan fingerprint density at radius 2 is 2.04 bits per heavy atom. The van der Waals surface area contributed by atoms with E-state index in [-0.39, 0.29) is 23.3 Å². The number of carbonyl (C=O) groups excluding carboxylic acids is 1. The quantitative estimate of drug-likeness (QED) is 0.457. The Balaban J connectivity index is 3.00. The number of rotatable bonds is 10. The van der Waals surface area contributed by atoms with Crippen LogP contribution in [-0.4, -0.2) is 47.7 Å². The minimum atomic E-state index is -3.60. The molecule has 0 heterocycles. The van der Waals surface area contributed by atoms with E-state index in [0.29, 0.717) is 30.9 Å². The molecule has 0 aliphatic rings. The maximum absolute atomic E-state index is 12.0. The highest BCUT2D eigenvalue weighted by molar-refractivity contribution is 7.89. The first kappa shape index (κ1) is 20.4. The van der Waals surface area contributed by atoms with E-state index in [9.17, 15) is 13.2 Å². The number of benzene rings is 1. The van der Waals surface area contributed by atoms with Gasteiger partial charge >= 0.3 is 0 Å². The topological polar surface area (TPSA) is 123 Å². The van der Waals surface area contributed by atoms with Crippen LogP contribution in [0.2, 0.25) is 0 Å². The molecule has 0 saturated carbocycles. The van der Waals surface area contributed by atoms with Crippen molar-refractivity contribution in [3.8, 4) is 0 Å². The van der Waals surface area contributed by atoms with Crippen LogP contribution in [0.25, 0.3) is 0 Å². The van der Waals surface area contributed by atoms with Gasteiger partial charge in [-0.05, 0) is 38.6 Å². The summed E-state index contributed by atoms with van der Waals surface area (Å²) in [6.07, 6.45) is 0.810. The van der Waals surface area contributed by atoms with E-state index in [1.165, 1.54) is 19.2 Å². The SMILES string of the molecule is CNS(=O)(=O)c1ccc(NCCOC)c(NC(=O)CCC(C)N)c1. The fraction of sp³-hybridized carbons (Fsp3) is 0.533. The number of sulfonamides is 1. The smallest absolute Gasteiger partial charge is 0.240 e. The third kappa shape index (κ3) is 6.44. The molecule has 5 N–H and O–H groups in total. The van der Waals surface area contributed by atoms with Crippen molar-refractivity contribution in [2.45, 2.75) is 30.7 Å². The Morgan fingerprint density at radius 1 is 1.33 bits per heavy atom. The standard InChI is InChI=1S/C15H26N4O4S/c1-11(16)4-7-15(20)19-14-10-12(24(21,22)17-2)5-6-13(14)18-8-9-23-3/h5-6,10-11,17-18H,4,7-9,16H2,1-3H3,(H,19,20). The molecule has 136 valence electrons. The largest absolute Gasteiger partial charge is 0.383 e. The van der Waals surface area contributed by atoms with Gasteiger partial charge in [0.05, 0.1) is 22.9 Å². The van der Waals surface area contributed by atoms with Crippen molar-refractivity contribution >= 4 is 27.3 Å². The average molecular weight is 358 g/mol. The summed E-state index contributed by atoms with van der Waals surface area (Å²) in [5.74, 6) is -0.221. The lowest BCUT2D eigenvalue weighted by Crippen LogP contribution is -2.21. The van der Waals surface area contributed by atoms with Gasteiger partial charge in [0.1, 0.15) is 0 Å². The van der Waals surface area contributed by atoms with Crippen molar-refractivity contribution in [3.05, 3.63) is 18.2 Å². The van der Waals surface area contributed by atoms with Gasteiger partial charge in [-0.2, -0.15) is 0 Å². The van der Waals surface area contributed by atoms with Crippen LogP contribution in [0.4, 0.5) is 11.4 Å². The molecule has 1 aromatic rings. The average Bonchev–Trinajstić information content (AvgIpc) is 2.54. The molecule has 0 aromatic heterocycles. The first-order chi connectivity index (χ1) is 11.3. The number of nitrogens with two attached hydrogens (primary N) is 1. The van der Waals surface area contributed by atoms with Gasteiger partial charge in [0.2, 0.25) is 15.9 Å². The second kappa shape index (κ2) is 9.58. The summed E-state index contributed by atoms with van der Waals surface area (Å²) in [6, 6.07) is 4.43. The van der Waals surface area contributed by atoms with Gasteiger partial charge in [-0.1, -0.05) is 0 Å². The molecule has 9 heteroatoms. The highest BCUT2D eigenvalue weighted by Crippen LogP contribution is 2.25. The summed E-state index contributed by atoms with van der Waals surface area (Å²) in [5, 5.41) is 5.84. The van der Waals surface area contributed by atoms with Crippen LogP contribution in [0, 0.1) is 0 Å². The van der Waals surface area contributed by atoms with E-state index >= 15 is 0 Å². The molecule has 0 saturated heterocycles. The van der Waals surface area contributed by atoms with Crippen LogP contribution < -0.4 is 21.1 Å². The Morgan fingerprint density at radius 3 is 2.62 bits per heavy atom. The maximum atomic E-state index is 12.0. The van der Waals surface area contributed by atoms with Crippen LogP contribution in [0.3, 0.4) is 0 Å². The predicted molar refractivity (Wildman–Crippen MR) is 94.6 cm³/mol. The van der Waals surface area contributed by atoms with Gasteiger partial charge in [0.25, 0.3) is 0 Å². The molecule has 0 aliphatic carbocycles. The fourth-order valence-corrected chi connectivity index (χ4v) is 2.68. The molecule has 0 fully saturated rings. The Hall–Kier alpha value is -1.68. The molecule has 1 atom stereocenters. The van der Waals surface area contributed by atoms with Crippen molar-refractivity contribution in [2.24, 2.45) is 5.73 Å². The molecular formula is C15H26N4O4S. The molecule has 8 nitrogen and oxygen atoms in total. The number of carbonyl (C=O) groups is 1. The number of ether oxygens (including phenoxy) is 1. The summed E-state index contributed by atoms with van der Waals surface area (Å²) < 4.78 is 31.1. The van der Waals surface area contributed by atoms with Gasteiger partial charge in [-0.25, -0.2) is 13.1 Å². The van der Waals surface area contributed by atoms with Crippen molar-refractivity contribution < 1.29 is 17.9 Å². The molecule has 1 unspecified atom stereocenters. The van der Waals surface area contributed by atoms with E-state index in [2.05, 4.69) is 15.4 Å². The molecule has 1 amide bonds. The Kier molecular flexibility index (Phi) is 8.13. The van der Waals surface area contributed by atoms with E-state index < -0.39 is 10.0 Å². The molecule has 0 radical (unpaired) electrons. The molecule has 0 spiro atoms. The zero-order chi connectivity index (χ0) is 18.2. The summed E-state index contributed by atoms with van der Waals surface area (Å²) in [6.45, 7) is 2.83. The Bertz CT molecular complexity index is 647. The number of anilines is 2. The van der Waals surface area contributed by atoms with Gasteiger partial charge in [-0.3, -0.25) is 4.79 Å². The summed E-state index contributed by atoms with van der Waals surface area (Å²) in [4.78, 5) is 12.1. The van der Waals surface area contributed by atoms with Crippen molar-refractivity contribution in [2.75, 3.05) is 37.9 Å².